The number of aryl methyl sites for hydroxylation is 3. The van der Waals surface area contributed by atoms with Gasteiger partial charge in [0.25, 0.3) is 0 Å². The van der Waals surface area contributed by atoms with Gasteiger partial charge in [-0.1, -0.05) is 71.9 Å². The summed E-state index contributed by atoms with van der Waals surface area (Å²) in [5, 5.41) is 12.4. The standard InChI is InChI=1S/C28H30N4O2S/c1-19-14-15-24(20(2)18-19)29-27(33)21(3)35-28-31-30-26(23-12-8-9-13-25(23)34-4)32(28)17-16-22-10-6-5-7-11-22/h5-15,18,21H,16-17H2,1-4H3,(H,29,33). The van der Waals surface area contributed by atoms with Crippen LogP contribution in [-0.2, 0) is 17.8 Å². The molecule has 0 saturated carbocycles. The molecule has 3 aromatic carbocycles. The molecule has 7 heteroatoms. The normalized spacial score (nSPS) is 11.8. The van der Waals surface area contributed by atoms with Crippen LogP contribution in [0.2, 0.25) is 0 Å². The molecule has 1 heterocycles. The Morgan fingerprint density at radius 2 is 1.77 bits per heavy atom. The molecule has 0 aliphatic carbocycles. The maximum atomic E-state index is 13.0. The van der Waals surface area contributed by atoms with Crippen molar-refractivity contribution in [3.63, 3.8) is 0 Å². The predicted molar refractivity (Wildman–Crippen MR) is 142 cm³/mol. The van der Waals surface area contributed by atoms with Crippen LogP contribution >= 0.6 is 11.8 Å². The monoisotopic (exact) mass is 486 g/mol. The number of hydrogen-bond acceptors (Lipinski definition) is 5. The number of para-hydroxylation sites is 1. The van der Waals surface area contributed by atoms with E-state index in [0.29, 0.717) is 11.7 Å². The van der Waals surface area contributed by atoms with Gasteiger partial charge < -0.3 is 14.6 Å². The summed E-state index contributed by atoms with van der Waals surface area (Å²) in [6, 6.07) is 24.1. The molecule has 0 radical (unpaired) electrons. The van der Waals surface area contributed by atoms with E-state index in [0.717, 1.165) is 34.8 Å². The number of hydrogen-bond donors (Lipinski definition) is 1. The van der Waals surface area contributed by atoms with E-state index in [4.69, 9.17) is 4.74 Å². The minimum atomic E-state index is -0.360. The van der Waals surface area contributed by atoms with E-state index in [-0.39, 0.29) is 11.2 Å². The molecule has 0 spiro atoms. The Bertz CT molecular complexity index is 1300. The number of ether oxygens (including phenoxy) is 1. The molecular weight excluding hydrogens is 456 g/mol. The third-order valence-corrected chi connectivity index (χ3v) is 6.90. The Labute approximate surface area is 210 Å². The topological polar surface area (TPSA) is 69.0 Å². The predicted octanol–water partition coefficient (Wildman–Crippen LogP) is 5.93. The van der Waals surface area contributed by atoms with Crippen LogP contribution in [0.15, 0.2) is 78.0 Å². The minimum absolute atomic E-state index is 0.0709. The third kappa shape index (κ3) is 5.92. The second kappa shape index (κ2) is 11.2. The molecule has 1 atom stereocenters. The molecule has 4 rings (SSSR count). The van der Waals surface area contributed by atoms with Crippen LogP contribution in [0.3, 0.4) is 0 Å². The Morgan fingerprint density at radius 1 is 1.03 bits per heavy atom. The van der Waals surface area contributed by atoms with Gasteiger partial charge in [-0.05, 0) is 56.5 Å². The lowest BCUT2D eigenvalue weighted by molar-refractivity contribution is -0.115. The van der Waals surface area contributed by atoms with E-state index in [1.54, 1.807) is 7.11 Å². The summed E-state index contributed by atoms with van der Waals surface area (Å²) in [6.45, 7) is 6.61. The molecule has 0 aliphatic heterocycles. The van der Waals surface area contributed by atoms with Gasteiger partial charge in [0.2, 0.25) is 5.91 Å². The van der Waals surface area contributed by atoms with Gasteiger partial charge in [0.1, 0.15) is 5.75 Å². The highest BCUT2D eigenvalue weighted by Gasteiger charge is 2.22. The highest BCUT2D eigenvalue weighted by Crippen LogP contribution is 2.32. The lowest BCUT2D eigenvalue weighted by Gasteiger charge is -2.16. The lowest BCUT2D eigenvalue weighted by Crippen LogP contribution is -2.23. The Balaban J connectivity index is 1.59. The van der Waals surface area contributed by atoms with Crippen LogP contribution in [0.4, 0.5) is 5.69 Å². The highest BCUT2D eigenvalue weighted by atomic mass is 32.2. The van der Waals surface area contributed by atoms with Gasteiger partial charge in [0.05, 0.1) is 17.9 Å². The molecule has 0 saturated heterocycles. The zero-order chi connectivity index (χ0) is 24.8. The number of rotatable bonds is 9. The fraction of sp³-hybridized carbons (Fsp3) is 0.250. The van der Waals surface area contributed by atoms with Gasteiger partial charge in [0.15, 0.2) is 11.0 Å². The van der Waals surface area contributed by atoms with Crippen molar-refractivity contribution in [2.24, 2.45) is 0 Å². The molecule has 180 valence electrons. The first-order valence-electron chi connectivity index (χ1n) is 11.6. The van der Waals surface area contributed by atoms with E-state index in [9.17, 15) is 4.79 Å². The first-order valence-corrected chi connectivity index (χ1v) is 12.5. The van der Waals surface area contributed by atoms with Crippen molar-refractivity contribution >= 4 is 23.4 Å². The zero-order valence-corrected chi connectivity index (χ0v) is 21.3. The van der Waals surface area contributed by atoms with Crippen LogP contribution in [0.25, 0.3) is 11.4 Å². The Hall–Kier alpha value is -3.58. The molecule has 1 amide bonds. The van der Waals surface area contributed by atoms with E-state index >= 15 is 0 Å². The number of amides is 1. The molecule has 0 fully saturated rings. The number of nitrogens with one attached hydrogen (secondary N) is 1. The summed E-state index contributed by atoms with van der Waals surface area (Å²) >= 11 is 1.41. The molecule has 0 bridgehead atoms. The Morgan fingerprint density at radius 3 is 2.51 bits per heavy atom. The van der Waals surface area contributed by atoms with Crippen molar-refractivity contribution in [2.45, 2.75) is 44.1 Å². The largest absolute Gasteiger partial charge is 0.496 e. The van der Waals surface area contributed by atoms with Crippen molar-refractivity contribution in [1.82, 2.24) is 14.8 Å². The molecular formula is C28H30N4O2S. The summed E-state index contributed by atoms with van der Waals surface area (Å²) in [4.78, 5) is 13.0. The third-order valence-electron chi connectivity index (χ3n) is 5.82. The van der Waals surface area contributed by atoms with Crippen molar-refractivity contribution in [2.75, 3.05) is 12.4 Å². The molecule has 1 N–H and O–H groups in total. The summed E-state index contributed by atoms with van der Waals surface area (Å²) in [5.74, 6) is 1.39. The SMILES string of the molecule is COc1ccccc1-c1nnc(SC(C)C(=O)Nc2ccc(C)cc2C)n1CCc1ccccc1. The summed E-state index contributed by atoms with van der Waals surface area (Å²) in [6.07, 6.45) is 0.817. The number of anilines is 1. The molecule has 1 unspecified atom stereocenters. The smallest absolute Gasteiger partial charge is 0.237 e. The van der Waals surface area contributed by atoms with E-state index in [1.807, 2.05) is 75.4 Å². The van der Waals surface area contributed by atoms with Gasteiger partial charge in [-0.25, -0.2) is 0 Å². The Kier molecular flexibility index (Phi) is 7.87. The maximum Gasteiger partial charge on any atom is 0.237 e. The van der Waals surface area contributed by atoms with Crippen molar-refractivity contribution in [1.29, 1.82) is 0 Å². The van der Waals surface area contributed by atoms with E-state index < -0.39 is 0 Å². The summed E-state index contributed by atoms with van der Waals surface area (Å²) in [5.41, 5.74) is 5.13. The van der Waals surface area contributed by atoms with Crippen LogP contribution in [-0.4, -0.2) is 33.0 Å². The number of methoxy groups -OCH3 is 1. The minimum Gasteiger partial charge on any atom is -0.496 e. The quantitative estimate of drug-likeness (QED) is 0.297. The van der Waals surface area contributed by atoms with Gasteiger partial charge in [-0.3, -0.25) is 4.79 Å². The van der Waals surface area contributed by atoms with Gasteiger partial charge in [0, 0.05) is 12.2 Å². The summed E-state index contributed by atoms with van der Waals surface area (Å²) in [7, 11) is 1.65. The average molecular weight is 487 g/mol. The zero-order valence-electron chi connectivity index (χ0n) is 20.5. The molecule has 6 nitrogen and oxygen atoms in total. The van der Waals surface area contributed by atoms with Crippen LogP contribution in [0, 0.1) is 13.8 Å². The van der Waals surface area contributed by atoms with Crippen molar-refractivity contribution in [3.05, 3.63) is 89.5 Å². The molecule has 4 aromatic rings. The fourth-order valence-corrected chi connectivity index (χ4v) is 4.77. The number of carbonyl (C=O) groups excluding carboxylic acids is 1. The van der Waals surface area contributed by atoms with Crippen molar-refractivity contribution < 1.29 is 9.53 Å². The first kappa shape index (κ1) is 24.5. The highest BCUT2D eigenvalue weighted by molar-refractivity contribution is 8.00. The molecule has 1 aromatic heterocycles. The number of nitrogens with zero attached hydrogens (tertiary/aromatic N) is 3. The lowest BCUT2D eigenvalue weighted by atomic mass is 10.1. The van der Waals surface area contributed by atoms with Gasteiger partial charge in [-0.2, -0.15) is 0 Å². The van der Waals surface area contributed by atoms with E-state index in [2.05, 4.69) is 38.3 Å². The van der Waals surface area contributed by atoms with Crippen LogP contribution in [0.1, 0.15) is 23.6 Å². The molecule has 35 heavy (non-hydrogen) atoms. The number of benzene rings is 3. The van der Waals surface area contributed by atoms with Crippen molar-refractivity contribution in [3.8, 4) is 17.1 Å². The first-order chi connectivity index (χ1) is 17.0. The fourth-order valence-electron chi connectivity index (χ4n) is 3.89. The molecule has 0 aliphatic rings. The number of carbonyl (C=O) groups is 1. The second-order valence-electron chi connectivity index (χ2n) is 8.46. The van der Waals surface area contributed by atoms with Crippen LogP contribution < -0.4 is 10.1 Å². The maximum absolute atomic E-state index is 13.0. The summed E-state index contributed by atoms with van der Waals surface area (Å²) < 4.78 is 7.66. The number of thioether (sulfide) groups is 1. The van der Waals surface area contributed by atoms with E-state index in [1.165, 1.54) is 22.9 Å². The number of aromatic nitrogens is 3. The van der Waals surface area contributed by atoms with Crippen LogP contribution in [0.5, 0.6) is 5.75 Å². The average Bonchev–Trinajstić information content (AvgIpc) is 3.26. The van der Waals surface area contributed by atoms with Gasteiger partial charge in [-0.15, -0.1) is 10.2 Å². The second-order valence-corrected chi connectivity index (χ2v) is 9.77. The van der Waals surface area contributed by atoms with Gasteiger partial charge >= 0.3 is 0 Å².